The number of carbonyl (C=O) groups is 1. The van der Waals surface area contributed by atoms with Gasteiger partial charge in [0.15, 0.2) is 5.78 Å². The molecule has 0 unspecified atom stereocenters. The molecule has 0 bridgehead atoms. The van der Waals surface area contributed by atoms with E-state index in [1.807, 2.05) is 0 Å². The molecule has 0 aliphatic heterocycles. The van der Waals surface area contributed by atoms with Gasteiger partial charge in [-0.3, -0.25) is 19.1 Å². The van der Waals surface area contributed by atoms with Gasteiger partial charge in [-0.15, -0.1) is 0 Å². The number of fused-ring (bicyclic) bond motifs is 1. The van der Waals surface area contributed by atoms with Crippen LogP contribution in [0.5, 0.6) is 0 Å². The van der Waals surface area contributed by atoms with Crippen LogP contribution in [0, 0.1) is 0 Å². The zero-order valence-electron chi connectivity index (χ0n) is 12.1. The first kappa shape index (κ1) is 13.9. The largest absolute Gasteiger partial charge is 0.329 e. The maximum atomic E-state index is 11.9. The van der Waals surface area contributed by atoms with Gasteiger partial charge in [-0.2, -0.15) is 0 Å². The Labute approximate surface area is 125 Å². The molecule has 110 valence electrons. The number of hydrogen-bond acceptors (Lipinski definition) is 4. The van der Waals surface area contributed by atoms with Crippen molar-refractivity contribution in [3.05, 3.63) is 62.9 Å². The van der Waals surface area contributed by atoms with Crippen LogP contribution < -0.4 is 11.2 Å². The average Bonchev–Trinajstić information content (AvgIpc) is 2.52. The van der Waals surface area contributed by atoms with Gasteiger partial charge in [0, 0.05) is 24.4 Å². The standard InChI is InChI=1S/C16H13N3O3/c1-9(20)10-3-5-11(6-4-10)12-7-13-14(17-8-12)19(2)16(22)18-15(13)21/h3-8H,1-2H3,(H,18,21,22). The van der Waals surface area contributed by atoms with Gasteiger partial charge in [-0.05, 0) is 18.6 Å². The van der Waals surface area contributed by atoms with E-state index in [1.165, 1.54) is 11.5 Å². The third-order valence-corrected chi connectivity index (χ3v) is 3.58. The van der Waals surface area contributed by atoms with Crippen molar-refractivity contribution >= 4 is 16.8 Å². The SMILES string of the molecule is CC(=O)c1ccc(-c2cnc3c(c2)c(=O)[nH]c(=O)n3C)cc1. The highest BCUT2D eigenvalue weighted by Crippen LogP contribution is 2.21. The molecule has 2 heterocycles. The Hall–Kier alpha value is -3.02. The molecule has 0 radical (unpaired) electrons. The second-order valence-electron chi connectivity index (χ2n) is 5.05. The molecule has 0 saturated heterocycles. The van der Waals surface area contributed by atoms with Crippen molar-refractivity contribution in [3.8, 4) is 11.1 Å². The Kier molecular flexibility index (Phi) is 3.21. The molecule has 3 rings (SSSR count). The van der Waals surface area contributed by atoms with Gasteiger partial charge in [0.05, 0.1) is 5.39 Å². The van der Waals surface area contributed by atoms with Crippen LogP contribution >= 0.6 is 0 Å². The number of H-pyrrole nitrogens is 1. The van der Waals surface area contributed by atoms with Crippen LogP contribution in [0.1, 0.15) is 17.3 Å². The van der Waals surface area contributed by atoms with Crippen LogP contribution in [0.25, 0.3) is 22.2 Å². The molecule has 0 spiro atoms. The minimum Gasteiger partial charge on any atom is -0.295 e. The lowest BCUT2D eigenvalue weighted by atomic mass is 10.0. The summed E-state index contributed by atoms with van der Waals surface area (Å²) in [7, 11) is 1.55. The molecule has 1 aromatic carbocycles. The molecule has 2 aromatic heterocycles. The van der Waals surface area contributed by atoms with Crippen LogP contribution in [0.2, 0.25) is 0 Å². The number of nitrogens with one attached hydrogen (secondary N) is 1. The van der Waals surface area contributed by atoms with Crippen molar-refractivity contribution in [1.29, 1.82) is 0 Å². The predicted octanol–water partition coefficient (Wildman–Crippen LogP) is 1.49. The molecule has 0 fully saturated rings. The van der Waals surface area contributed by atoms with Crippen molar-refractivity contribution in [1.82, 2.24) is 14.5 Å². The number of pyridine rings is 1. The molecule has 0 aliphatic carbocycles. The van der Waals surface area contributed by atoms with E-state index in [0.717, 1.165) is 11.1 Å². The van der Waals surface area contributed by atoms with E-state index in [0.29, 0.717) is 16.6 Å². The Morgan fingerprint density at radius 1 is 1.14 bits per heavy atom. The predicted molar refractivity (Wildman–Crippen MR) is 83.0 cm³/mol. The Bertz CT molecular complexity index is 998. The van der Waals surface area contributed by atoms with E-state index in [4.69, 9.17) is 0 Å². The molecule has 6 heteroatoms. The first-order valence-electron chi connectivity index (χ1n) is 6.68. The third-order valence-electron chi connectivity index (χ3n) is 3.58. The highest BCUT2D eigenvalue weighted by molar-refractivity contribution is 5.94. The minimum atomic E-state index is -0.497. The Balaban J connectivity index is 2.19. The van der Waals surface area contributed by atoms with Crippen LogP contribution in [-0.2, 0) is 7.05 Å². The Morgan fingerprint density at radius 3 is 2.45 bits per heavy atom. The zero-order chi connectivity index (χ0) is 15.9. The number of aromatic nitrogens is 3. The molecule has 22 heavy (non-hydrogen) atoms. The summed E-state index contributed by atoms with van der Waals surface area (Å²) < 4.78 is 1.29. The van der Waals surface area contributed by atoms with Gasteiger partial charge in [-0.25, -0.2) is 9.78 Å². The third kappa shape index (κ3) is 2.24. The lowest BCUT2D eigenvalue weighted by Gasteiger charge is -2.06. The quantitative estimate of drug-likeness (QED) is 0.726. The number of nitrogens with zero attached hydrogens (tertiary/aromatic N) is 2. The van der Waals surface area contributed by atoms with Gasteiger partial charge in [0.25, 0.3) is 5.56 Å². The van der Waals surface area contributed by atoms with Crippen LogP contribution in [0.4, 0.5) is 0 Å². The summed E-state index contributed by atoms with van der Waals surface area (Å²) in [6, 6.07) is 8.74. The van der Waals surface area contributed by atoms with Crippen molar-refractivity contribution in [3.63, 3.8) is 0 Å². The molecular weight excluding hydrogens is 282 g/mol. The number of aromatic amines is 1. The normalized spacial score (nSPS) is 10.8. The fourth-order valence-corrected chi connectivity index (χ4v) is 2.29. The molecule has 0 saturated carbocycles. The fraction of sp³-hybridized carbons (Fsp3) is 0.125. The molecular formula is C16H13N3O3. The van der Waals surface area contributed by atoms with Crippen LogP contribution in [-0.4, -0.2) is 20.3 Å². The van der Waals surface area contributed by atoms with Gasteiger partial charge >= 0.3 is 5.69 Å². The maximum absolute atomic E-state index is 11.9. The number of rotatable bonds is 2. The summed E-state index contributed by atoms with van der Waals surface area (Å²) in [5.74, 6) is -0.00497. The van der Waals surface area contributed by atoms with E-state index in [2.05, 4.69) is 9.97 Å². The lowest BCUT2D eigenvalue weighted by molar-refractivity contribution is 0.101. The highest BCUT2D eigenvalue weighted by Gasteiger charge is 2.08. The summed E-state index contributed by atoms with van der Waals surface area (Å²) in [5.41, 5.74) is 1.58. The van der Waals surface area contributed by atoms with Gasteiger partial charge in [-0.1, -0.05) is 24.3 Å². The highest BCUT2D eigenvalue weighted by atomic mass is 16.2. The van der Waals surface area contributed by atoms with Crippen molar-refractivity contribution < 1.29 is 4.79 Å². The second-order valence-corrected chi connectivity index (χ2v) is 5.05. The summed E-state index contributed by atoms with van der Waals surface area (Å²) in [5, 5.41) is 0.343. The molecule has 0 atom stereocenters. The molecule has 3 aromatic rings. The topological polar surface area (TPSA) is 84.8 Å². The van der Waals surface area contributed by atoms with E-state index in [-0.39, 0.29) is 5.78 Å². The van der Waals surface area contributed by atoms with E-state index in [1.54, 1.807) is 43.6 Å². The van der Waals surface area contributed by atoms with E-state index < -0.39 is 11.2 Å². The van der Waals surface area contributed by atoms with E-state index in [9.17, 15) is 14.4 Å². The van der Waals surface area contributed by atoms with Gasteiger partial charge < -0.3 is 0 Å². The zero-order valence-corrected chi connectivity index (χ0v) is 12.1. The number of carbonyl (C=O) groups excluding carboxylic acids is 1. The number of benzene rings is 1. The summed E-state index contributed by atoms with van der Waals surface area (Å²) in [6.07, 6.45) is 1.60. The maximum Gasteiger partial charge on any atom is 0.329 e. The fourth-order valence-electron chi connectivity index (χ4n) is 2.29. The summed E-state index contributed by atoms with van der Waals surface area (Å²) >= 11 is 0. The van der Waals surface area contributed by atoms with E-state index >= 15 is 0 Å². The summed E-state index contributed by atoms with van der Waals surface area (Å²) in [4.78, 5) is 41.2. The smallest absolute Gasteiger partial charge is 0.295 e. The Morgan fingerprint density at radius 2 is 1.82 bits per heavy atom. The van der Waals surface area contributed by atoms with Gasteiger partial charge in [0.2, 0.25) is 0 Å². The van der Waals surface area contributed by atoms with Crippen LogP contribution in [0.3, 0.4) is 0 Å². The van der Waals surface area contributed by atoms with Crippen LogP contribution in [0.15, 0.2) is 46.1 Å². The van der Waals surface area contributed by atoms with Crippen molar-refractivity contribution in [2.24, 2.45) is 7.05 Å². The number of hydrogen-bond donors (Lipinski definition) is 1. The minimum absolute atomic E-state index is 0.00497. The average molecular weight is 295 g/mol. The number of aryl methyl sites for hydroxylation is 1. The second kappa shape index (κ2) is 5.07. The number of Topliss-reactive ketones (excluding diaryl/α,β-unsaturated/α-hetero) is 1. The molecule has 0 amide bonds. The molecule has 1 N–H and O–H groups in total. The lowest BCUT2D eigenvalue weighted by Crippen LogP contribution is -2.28. The van der Waals surface area contributed by atoms with Crippen molar-refractivity contribution in [2.75, 3.05) is 0 Å². The first-order chi connectivity index (χ1) is 10.5. The van der Waals surface area contributed by atoms with Gasteiger partial charge in [0.1, 0.15) is 5.65 Å². The molecule has 0 aliphatic rings. The monoisotopic (exact) mass is 295 g/mol. The number of ketones is 1. The summed E-state index contributed by atoms with van der Waals surface area (Å²) in [6.45, 7) is 1.51. The molecule has 6 nitrogen and oxygen atoms in total. The first-order valence-corrected chi connectivity index (χ1v) is 6.68. The van der Waals surface area contributed by atoms with Crippen molar-refractivity contribution in [2.45, 2.75) is 6.92 Å².